The van der Waals surface area contributed by atoms with Gasteiger partial charge in [-0.25, -0.2) is 0 Å². The number of carbonyl (C=O) groups is 2. The predicted octanol–water partition coefficient (Wildman–Crippen LogP) is 8.00. The molecule has 1 N–H and O–H groups in total. The molecular formula is C39H72NaO8P. The minimum atomic E-state index is -5.00. The molecule has 0 amide bonds. The van der Waals surface area contributed by atoms with Crippen LogP contribution in [0.1, 0.15) is 194 Å². The summed E-state index contributed by atoms with van der Waals surface area (Å²) in [6.07, 6.45) is 38.7. The van der Waals surface area contributed by atoms with Gasteiger partial charge < -0.3 is 23.8 Å². The molecule has 8 nitrogen and oxygen atoms in total. The van der Waals surface area contributed by atoms with Crippen molar-refractivity contribution in [3.05, 3.63) is 24.3 Å². The van der Waals surface area contributed by atoms with Crippen LogP contribution in [-0.4, -0.2) is 36.1 Å². The Morgan fingerprint density at radius 2 is 0.918 bits per heavy atom. The quantitative estimate of drug-likeness (QED) is 0.0227. The zero-order valence-electron chi connectivity index (χ0n) is 31.9. The summed E-state index contributed by atoms with van der Waals surface area (Å²) in [5.41, 5.74) is 0. The third kappa shape index (κ3) is 41.8. The summed E-state index contributed by atoms with van der Waals surface area (Å²) in [5.74, 6) is -0.937. The van der Waals surface area contributed by atoms with E-state index >= 15 is 0 Å². The van der Waals surface area contributed by atoms with Crippen LogP contribution in [0, 0.1) is 0 Å². The van der Waals surface area contributed by atoms with Gasteiger partial charge in [0.25, 0.3) is 7.82 Å². The van der Waals surface area contributed by atoms with Crippen molar-refractivity contribution in [3.8, 4) is 0 Å². The molecule has 0 saturated heterocycles. The van der Waals surface area contributed by atoms with E-state index in [-0.39, 0.29) is 49.0 Å². The van der Waals surface area contributed by atoms with Gasteiger partial charge in [-0.3, -0.25) is 14.2 Å². The van der Waals surface area contributed by atoms with Crippen molar-refractivity contribution in [2.45, 2.75) is 200 Å². The van der Waals surface area contributed by atoms with Crippen molar-refractivity contribution < 1.29 is 67.5 Å². The van der Waals surface area contributed by atoms with E-state index in [1.165, 1.54) is 89.9 Å². The smallest absolute Gasteiger partial charge is 0.756 e. The Bertz CT molecular complexity index is 845. The molecule has 0 rings (SSSR count). The van der Waals surface area contributed by atoms with Crippen LogP contribution in [0.3, 0.4) is 0 Å². The Hall–Kier alpha value is -0.470. The van der Waals surface area contributed by atoms with Crippen molar-refractivity contribution in [3.63, 3.8) is 0 Å². The molecule has 0 aliphatic heterocycles. The molecule has 0 aromatic carbocycles. The number of esters is 2. The summed E-state index contributed by atoms with van der Waals surface area (Å²) in [4.78, 5) is 44.6. The largest absolute Gasteiger partial charge is 1.00 e. The summed E-state index contributed by atoms with van der Waals surface area (Å²) in [6.45, 7) is 3.57. The van der Waals surface area contributed by atoms with E-state index in [1.54, 1.807) is 0 Å². The van der Waals surface area contributed by atoms with Crippen molar-refractivity contribution in [2.75, 3.05) is 13.2 Å². The Kier molecular flexibility index (Phi) is 40.0. The van der Waals surface area contributed by atoms with Crippen LogP contribution in [0.25, 0.3) is 0 Å². The molecule has 49 heavy (non-hydrogen) atoms. The van der Waals surface area contributed by atoms with E-state index in [0.29, 0.717) is 12.8 Å². The fraction of sp³-hybridized carbons (Fsp3) is 0.846. The van der Waals surface area contributed by atoms with Crippen LogP contribution in [0.2, 0.25) is 0 Å². The number of unbranched alkanes of at least 4 members (excludes halogenated alkanes) is 22. The van der Waals surface area contributed by atoms with Crippen molar-refractivity contribution in [1.82, 2.24) is 0 Å². The van der Waals surface area contributed by atoms with Gasteiger partial charge in [0, 0.05) is 12.8 Å². The molecule has 0 saturated carbocycles. The van der Waals surface area contributed by atoms with Gasteiger partial charge in [-0.05, 0) is 64.2 Å². The number of rotatable bonds is 36. The maximum absolute atomic E-state index is 12.3. The minimum absolute atomic E-state index is 0. The molecule has 0 radical (unpaired) electrons. The number of hydrogen-bond acceptors (Lipinski definition) is 7. The molecule has 0 spiro atoms. The molecule has 1 unspecified atom stereocenters. The van der Waals surface area contributed by atoms with Crippen LogP contribution in [-0.2, 0) is 28.2 Å². The summed E-state index contributed by atoms with van der Waals surface area (Å²) in [6, 6.07) is 0. The van der Waals surface area contributed by atoms with Gasteiger partial charge in [0.1, 0.15) is 6.61 Å². The van der Waals surface area contributed by atoms with Crippen molar-refractivity contribution in [1.29, 1.82) is 0 Å². The van der Waals surface area contributed by atoms with Crippen LogP contribution in [0.15, 0.2) is 24.3 Å². The van der Waals surface area contributed by atoms with Gasteiger partial charge in [-0.1, -0.05) is 141 Å². The number of phosphoric acid groups is 1. The molecule has 0 heterocycles. The number of hydrogen-bond donors (Lipinski definition) is 1. The summed E-state index contributed by atoms with van der Waals surface area (Å²) >= 11 is 0. The zero-order valence-corrected chi connectivity index (χ0v) is 34.7. The number of phosphoric ester groups is 1. The first kappa shape index (κ1) is 50.6. The van der Waals surface area contributed by atoms with Crippen LogP contribution in [0.5, 0.6) is 0 Å². The molecule has 0 aliphatic rings. The molecule has 0 aromatic rings. The molecule has 10 heteroatoms. The molecule has 282 valence electrons. The van der Waals surface area contributed by atoms with Gasteiger partial charge in [0.05, 0.1) is 6.61 Å². The summed E-state index contributed by atoms with van der Waals surface area (Å²) in [5, 5.41) is 0. The van der Waals surface area contributed by atoms with E-state index in [1.807, 2.05) is 0 Å². The molecule has 0 bridgehead atoms. The van der Waals surface area contributed by atoms with E-state index in [0.717, 1.165) is 64.2 Å². The fourth-order valence-electron chi connectivity index (χ4n) is 5.48. The fourth-order valence-corrected chi connectivity index (χ4v) is 5.83. The first-order chi connectivity index (χ1) is 23.3. The van der Waals surface area contributed by atoms with E-state index in [4.69, 9.17) is 14.4 Å². The molecular weight excluding hydrogens is 650 g/mol. The summed E-state index contributed by atoms with van der Waals surface area (Å²) in [7, 11) is -5.00. The van der Waals surface area contributed by atoms with Gasteiger partial charge >= 0.3 is 41.5 Å². The predicted molar refractivity (Wildman–Crippen MR) is 196 cm³/mol. The maximum atomic E-state index is 12.3. The van der Waals surface area contributed by atoms with Crippen LogP contribution >= 0.6 is 7.82 Å². The van der Waals surface area contributed by atoms with Crippen molar-refractivity contribution in [2.24, 2.45) is 0 Å². The zero-order chi connectivity index (χ0) is 35.4. The Morgan fingerprint density at radius 3 is 1.31 bits per heavy atom. The standard InChI is InChI=1S/C39H73O8P.Na/c1-3-5-7-9-11-13-15-17-19-21-23-25-27-29-31-33-38(40)45-35-37(36-46-48(42,43)44)47-39(41)34-32-30-28-26-24-22-20-18-16-14-12-10-8-6-4-2;/h17-20,37H,3-16,21-36H2,1-2H3,(H2,42,43,44);/q;+1/p-1/b19-17-,20-18-;/t37-;/m0./s1. The monoisotopic (exact) mass is 722 g/mol. The summed E-state index contributed by atoms with van der Waals surface area (Å²) < 4.78 is 26.0. The third-order valence-corrected chi connectivity index (χ3v) is 8.91. The van der Waals surface area contributed by atoms with Crippen LogP contribution < -0.4 is 34.5 Å². The second-order valence-corrected chi connectivity index (χ2v) is 14.4. The molecule has 0 aliphatic carbocycles. The number of ether oxygens (including phenoxy) is 2. The second kappa shape index (κ2) is 38.8. The van der Waals surface area contributed by atoms with Gasteiger partial charge in [0.2, 0.25) is 0 Å². The SMILES string of the molecule is CCCCCCCC/C=C\CCCCCCCC(=O)OC[C@@H](COP(=O)([O-])O)OC(=O)CCCCCCC/C=C\CCCCCCCC.[Na+]. The molecule has 2 atom stereocenters. The van der Waals surface area contributed by atoms with Crippen LogP contribution in [0.4, 0.5) is 0 Å². The van der Waals surface area contributed by atoms with E-state index in [2.05, 4.69) is 42.7 Å². The Balaban J connectivity index is 0. The first-order valence-corrected chi connectivity index (χ1v) is 21.1. The molecule has 0 aromatic heterocycles. The average molecular weight is 723 g/mol. The Morgan fingerprint density at radius 1 is 0.571 bits per heavy atom. The van der Waals surface area contributed by atoms with E-state index in [9.17, 15) is 19.0 Å². The Labute approximate surface area is 322 Å². The van der Waals surface area contributed by atoms with E-state index < -0.39 is 32.5 Å². The first-order valence-electron chi connectivity index (χ1n) is 19.6. The van der Waals surface area contributed by atoms with Gasteiger partial charge in [-0.15, -0.1) is 0 Å². The minimum Gasteiger partial charge on any atom is -0.756 e. The molecule has 0 fully saturated rings. The second-order valence-electron chi connectivity index (χ2n) is 13.2. The van der Waals surface area contributed by atoms with Gasteiger partial charge in [0.15, 0.2) is 6.10 Å². The maximum Gasteiger partial charge on any atom is 1.00 e. The topological polar surface area (TPSA) is 122 Å². The number of carbonyl (C=O) groups excluding carboxylic acids is 2. The third-order valence-electron chi connectivity index (χ3n) is 8.44. The number of allylic oxidation sites excluding steroid dienone is 4. The normalized spacial score (nSPS) is 13.4. The van der Waals surface area contributed by atoms with Gasteiger partial charge in [-0.2, -0.15) is 0 Å². The van der Waals surface area contributed by atoms with Crippen molar-refractivity contribution >= 4 is 19.8 Å². The average Bonchev–Trinajstić information content (AvgIpc) is 3.05.